The first kappa shape index (κ1) is 95.4. The Morgan fingerprint density at radius 2 is 0.568 bits per heavy atom. The van der Waals surface area contributed by atoms with Crippen molar-refractivity contribution in [1.29, 1.82) is 0 Å². The lowest BCUT2D eigenvalue weighted by Gasteiger charge is -2.17. The van der Waals surface area contributed by atoms with Gasteiger partial charge in [0, 0.05) is 18.2 Å². The molecule has 0 spiro atoms. The number of nitrogens with two attached hydrogens (primary N) is 1. The molecule has 4 atom stereocenters. The molecule has 125 heavy (non-hydrogen) atoms. The van der Waals surface area contributed by atoms with Crippen LogP contribution in [0.3, 0.4) is 0 Å². The monoisotopic (exact) mass is 1730 g/mol. The number of hydrogen-bond donors (Lipinski definition) is 1. The van der Waals surface area contributed by atoms with Crippen LogP contribution in [0.1, 0.15) is 106 Å². The highest BCUT2D eigenvalue weighted by atomic mass is 16.8. The van der Waals surface area contributed by atoms with Gasteiger partial charge < -0.3 is 110 Å². The smallest absolute Gasteiger partial charge is 0.494 e. The topological polar surface area (TPSA) is 451 Å². The van der Waals surface area contributed by atoms with Crippen LogP contribution in [0.25, 0.3) is 0 Å². The molecule has 0 aromatic heterocycles. The van der Waals surface area contributed by atoms with Gasteiger partial charge in [0.15, 0.2) is 12.2 Å². The van der Waals surface area contributed by atoms with Gasteiger partial charge in [0.25, 0.3) is 0 Å². The third-order valence-corrected chi connectivity index (χ3v) is 16.8. The van der Waals surface area contributed by atoms with E-state index in [4.69, 9.17) is 110 Å². The first-order valence-corrected chi connectivity index (χ1v) is 38.8. The average molecular weight is 1730 g/mol. The molecule has 2 fully saturated rings. The Labute approximate surface area is 715 Å². The Balaban J connectivity index is 0.000000363. The lowest BCUT2D eigenvalue weighted by atomic mass is 10.1. The molecule has 0 saturated carbocycles. The molecule has 2 saturated heterocycles. The quantitative estimate of drug-likeness (QED) is 0.00925. The molecule has 0 unspecified atom stereocenters. The maximum absolute atomic E-state index is 13.2. The van der Waals surface area contributed by atoms with Crippen LogP contribution in [0.15, 0.2) is 220 Å². The van der Waals surface area contributed by atoms with Crippen LogP contribution < -0.4 is 53.1 Å². The van der Waals surface area contributed by atoms with E-state index in [1.54, 1.807) is 48.5 Å². The number of carbonyl (C=O) groups excluding carboxylic acids is 13. The minimum absolute atomic E-state index is 0.0211. The number of benzene rings is 7. The fourth-order valence-corrected chi connectivity index (χ4v) is 10.5. The molecule has 36 heteroatoms. The van der Waals surface area contributed by atoms with Crippen LogP contribution in [-0.4, -0.2) is 182 Å². The maximum Gasteiger partial charge on any atom is 0.519 e. The summed E-state index contributed by atoms with van der Waals surface area (Å²) >= 11 is 0. The minimum Gasteiger partial charge on any atom is -0.494 e. The Kier molecular flexibility index (Phi) is 39.8. The van der Waals surface area contributed by atoms with E-state index in [1.807, 2.05) is 0 Å². The van der Waals surface area contributed by atoms with Crippen molar-refractivity contribution < 1.29 is 167 Å². The van der Waals surface area contributed by atoms with E-state index in [0.29, 0.717) is 107 Å². The van der Waals surface area contributed by atoms with Crippen molar-refractivity contribution in [1.82, 2.24) is 0 Å². The van der Waals surface area contributed by atoms with E-state index in [2.05, 4.69) is 26.3 Å². The fourth-order valence-electron chi connectivity index (χ4n) is 10.5. The van der Waals surface area contributed by atoms with Gasteiger partial charge in [-0.05, 0) is 228 Å². The van der Waals surface area contributed by atoms with Gasteiger partial charge in [0.2, 0.25) is 0 Å². The zero-order valence-corrected chi connectivity index (χ0v) is 67.5. The van der Waals surface area contributed by atoms with Gasteiger partial charge in [0.05, 0.1) is 102 Å². The number of hydrogen-bond acceptors (Lipinski definition) is 36. The molecule has 0 aliphatic carbocycles. The zero-order chi connectivity index (χ0) is 89.5. The van der Waals surface area contributed by atoms with Gasteiger partial charge in [0.1, 0.15) is 75.4 Å². The van der Waals surface area contributed by atoms with Crippen LogP contribution in [0.4, 0.5) is 24.0 Å². The van der Waals surface area contributed by atoms with Gasteiger partial charge in [-0.2, -0.15) is 0 Å². The van der Waals surface area contributed by atoms with Crippen molar-refractivity contribution in [3.63, 3.8) is 0 Å². The third kappa shape index (κ3) is 35.3. The largest absolute Gasteiger partial charge is 0.519 e. The van der Waals surface area contributed by atoms with Crippen LogP contribution in [-0.2, 0) is 76.0 Å². The normalized spacial score (nSPS) is 13.7. The molecule has 2 aliphatic heterocycles. The predicted octanol–water partition coefficient (Wildman–Crippen LogP) is 13.6. The molecule has 0 radical (unpaired) electrons. The molecule has 9 rings (SSSR count). The van der Waals surface area contributed by atoms with Crippen molar-refractivity contribution >= 4 is 78.5 Å². The third-order valence-electron chi connectivity index (χ3n) is 16.8. The molecule has 0 amide bonds. The molecule has 2 N–H and O–H groups in total. The van der Waals surface area contributed by atoms with E-state index in [9.17, 15) is 62.3 Å². The number of unbranched alkanes of at least 4 members (excludes halogenated alkanes) is 5. The Bertz CT molecular complexity index is 4800. The predicted molar refractivity (Wildman–Crippen MR) is 432 cm³/mol. The Hall–Kier alpha value is -15.1. The first-order chi connectivity index (χ1) is 60.5. The summed E-state index contributed by atoms with van der Waals surface area (Å²) in [5, 5.41) is 0. The van der Waals surface area contributed by atoms with Crippen molar-refractivity contribution in [3.05, 3.63) is 242 Å². The SMILES string of the molecule is C=CC(=O)OCCCCOC(=O)OCCCCOC(=O)Oc1ccc(OC(=O)Oc2cccc(C(=O)O[C@H]3CO[C@H]4[C@@H]3OC[C@H]4OC(=O)c3ccc(OC(=O)Oc4ccc(OC(=O)OCCCCOC(=O)C=C)cc4)cc3)c2)cc1.C=CC(=O)OCCCCOc1ccc(C(=O)Oc2ccc(OC(=O)c3ccc(OCCCCOC(=O)C(=C)N)cc3)cc2)cc1. The molecular weight excluding hydrogens is 1640 g/mol. The van der Waals surface area contributed by atoms with Crippen molar-refractivity contribution in [2.75, 3.05) is 79.3 Å². The molecule has 2 aliphatic rings. The summed E-state index contributed by atoms with van der Waals surface area (Å²) < 4.78 is 115. The number of fused-ring (bicyclic) bond motifs is 1. The standard InChI is InChI=1S/C55H54O25.C34H35NO10/c1-3-45(56)65-26-5-7-28-67-51(60)68-29-9-10-31-70-53(62)74-39-20-24-41(25-21-39)77-55(64)78-42-13-11-12-36(32-42)50(59)80-44-34-72-47-43(33-71-48(44)47)79-49(58)35-14-16-37(17-15-35)75-54(63)76-40-22-18-38(19-23-40)73-52(61)69-30-8-6-27-66-46(57)4-2;1-3-31(36)42-22-6-4-20-40-27-12-8-25(9-13-27)33(38)44-29-16-18-30(19-17-29)45-34(39)26-10-14-28(15-11-26)41-21-5-7-23-43-32(37)24(2)35/h3-4,11-25,32,43-44,47-48H,1-2,5-10,26-31,33-34H2;3,8-19H,1-2,4-7,20-23,35H2/t43-,44+,47-,48-;/m1./s1. The number of esters is 8. The lowest BCUT2D eigenvalue weighted by Crippen LogP contribution is -2.36. The van der Waals surface area contributed by atoms with Crippen LogP contribution in [0.5, 0.6) is 57.5 Å². The van der Waals surface area contributed by atoms with E-state index in [1.165, 1.54) is 121 Å². The summed E-state index contributed by atoms with van der Waals surface area (Å²) in [6.45, 7) is 14.9. The van der Waals surface area contributed by atoms with E-state index < -0.39 is 103 Å². The number of rotatable bonds is 45. The summed E-state index contributed by atoms with van der Waals surface area (Å²) in [5.41, 5.74) is 5.90. The summed E-state index contributed by atoms with van der Waals surface area (Å²) in [7, 11) is 0. The summed E-state index contributed by atoms with van der Waals surface area (Å²) in [5.74, 6) is -2.76. The summed E-state index contributed by atoms with van der Waals surface area (Å²) in [4.78, 5) is 156. The average Bonchev–Trinajstić information content (AvgIpc) is 1.64. The fraction of sp³-hybridized carbons (Fsp3) is 0.292. The molecule has 7 aromatic carbocycles. The molecular formula is C89H89NO35. The number of ether oxygens (including phenoxy) is 22. The molecule has 36 nitrogen and oxygen atoms in total. The Morgan fingerprint density at radius 1 is 0.296 bits per heavy atom. The zero-order valence-electron chi connectivity index (χ0n) is 67.5. The second kappa shape index (κ2) is 52.2. The van der Waals surface area contributed by atoms with E-state index >= 15 is 0 Å². The maximum atomic E-state index is 13.2. The second-order valence-corrected chi connectivity index (χ2v) is 26.0. The highest BCUT2D eigenvalue weighted by Gasteiger charge is 2.51. The number of carbonyl (C=O) groups is 13. The van der Waals surface area contributed by atoms with Crippen molar-refractivity contribution in [3.8, 4) is 57.5 Å². The van der Waals surface area contributed by atoms with Crippen LogP contribution >= 0.6 is 0 Å². The van der Waals surface area contributed by atoms with Crippen LogP contribution in [0, 0.1) is 0 Å². The Morgan fingerprint density at radius 3 is 0.912 bits per heavy atom. The molecule has 660 valence electrons. The van der Waals surface area contributed by atoms with E-state index in [0.717, 1.165) is 18.2 Å². The van der Waals surface area contributed by atoms with Gasteiger partial charge in [-0.1, -0.05) is 32.4 Å². The van der Waals surface area contributed by atoms with Gasteiger partial charge in [-0.3, -0.25) is 0 Å². The van der Waals surface area contributed by atoms with E-state index in [-0.39, 0.29) is 122 Å². The lowest BCUT2D eigenvalue weighted by molar-refractivity contribution is -0.139. The van der Waals surface area contributed by atoms with Gasteiger partial charge in [-0.15, -0.1) is 0 Å². The summed E-state index contributed by atoms with van der Waals surface area (Å²) in [6, 6.07) is 40.9. The van der Waals surface area contributed by atoms with Crippen LogP contribution in [0.2, 0.25) is 0 Å². The van der Waals surface area contributed by atoms with Crippen molar-refractivity contribution in [2.24, 2.45) is 5.73 Å². The van der Waals surface area contributed by atoms with Gasteiger partial charge >= 0.3 is 78.5 Å². The minimum atomic E-state index is -1.14. The molecule has 7 aromatic rings. The second-order valence-electron chi connectivity index (χ2n) is 26.0. The van der Waals surface area contributed by atoms with Gasteiger partial charge in [-0.25, -0.2) is 62.3 Å². The molecule has 0 bridgehead atoms. The summed E-state index contributed by atoms with van der Waals surface area (Å²) in [6.07, 6.45) is 0.132. The molecule has 2 heterocycles. The highest BCUT2D eigenvalue weighted by Crippen LogP contribution is 2.33. The first-order valence-electron chi connectivity index (χ1n) is 38.8. The highest BCUT2D eigenvalue weighted by molar-refractivity contribution is 5.93. The van der Waals surface area contributed by atoms with Crippen molar-refractivity contribution in [2.45, 2.75) is 88.6 Å².